The fourth-order valence-electron chi connectivity index (χ4n) is 2.86. The predicted octanol–water partition coefficient (Wildman–Crippen LogP) is 5.96. The summed E-state index contributed by atoms with van der Waals surface area (Å²) in [5.41, 5.74) is 3.08. The number of hydrogen-bond donors (Lipinski definition) is 4. The summed E-state index contributed by atoms with van der Waals surface area (Å²) < 4.78 is 0. The second kappa shape index (κ2) is 9.76. The fourth-order valence-corrected chi connectivity index (χ4v) is 3.04. The summed E-state index contributed by atoms with van der Waals surface area (Å²) in [6.07, 6.45) is 3.21. The van der Waals surface area contributed by atoms with Crippen LogP contribution in [-0.2, 0) is 0 Å². The first-order valence-corrected chi connectivity index (χ1v) is 10.1. The van der Waals surface area contributed by atoms with Crippen molar-refractivity contribution in [3.8, 4) is 0 Å². The van der Waals surface area contributed by atoms with Crippen molar-refractivity contribution in [3.63, 3.8) is 0 Å². The van der Waals surface area contributed by atoms with E-state index in [9.17, 15) is 4.79 Å². The largest absolute Gasteiger partial charge is 0.340 e. The molecule has 0 aliphatic carbocycles. The van der Waals surface area contributed by atoms with E-state index in [1.807, 2.05) is 31.2 Å². The highest BCUT2D eigenvalue weighted by molar-refractivity contribution is 6.33. The third-order valence-corrected chi connectivity index (χ3v) is 4.71. The Hall–Kier alpha value is -4.17. The van der Waals surface area contributed by atoms with Crippen LogP contribution in [0.5, 0.6) is 0 Å². The number of carbonyl (C=O) groups is 1. The second-order valence-corrected chi connectivity index (χ2v) is 7.30. The van der Waals surface area contributed by atoms with Crippen LogP contribution in [-0.4, -0.2) is 21.0 Å². The van der Waals surface area contributed by atoms with Gasteiger partial charge in [-0.25, -0.2) is 19.7 Å². The van der Waals surface area contributed by atoms with Crippen molar-refractivity contribution in [2.45, 2.75) is 6.92 Å². The first kappa shape index (κ1) is 21.1. The molecule has 0 fully saturated rings. The van der Waals surface area contributed by atoms with E-state index in [1.165, 1.54) is 6.33 Å². The Balaban J connectivity index is 1.36. The minimum absolute atomic E-state index is 0.380. The molecule has 0 atom stereocenters. The average Bonchev–Trinajstić information content (AvgIpc) is 2.77. The summed E-state index contributed by atoms with van der Waals surface area (Å²) in [6.45, 7) is 2.00. The van der Waals surface area contributed by atoms with Gasteiger partial charge in [-0.1, -0.05) is 23.7 Å². The fraction of sp³-hybridized carbons (Fsp3) is 0.0435. The van der Waals surface area contributed by atoms with Gasteiger partial charge < -0.3 is 21.3 Å². The summed E-state index contributed by atoms with van der Waals surface area (Å²) in [6, 6.07) is 19.5. The van der Waals surface area contributed by atoms with E-state index in [4.69, 9.17) is 11.6 Å². The lowest BCUT2D eigenvalue weighted by molar-refractivity contribution is 0.262. The van der Waals surface area contributed by atoms with Crippen molar-refractivity contribution >= 4 is 52.1 Å². The number of carbonyl (C=O) groups excluding carboxylic acids is 1. The maximum Gasteiger partial charge on any atom is 0.323 e. The zero-order valence-electron chi connectivity index (χ0n) is 17.1. The first-order chi connectivity index (χ1) is 15.5. The molecule has 2 amide bonds. The second-order valence-electron chi connectivity index (χ2n) is 6.89. The average molecular weight is 446 g/mol. The molecule has 0 saturated heterocycles. The van der Waals surface area contributed by atoms with Crippen LogP contribution in [0.1, 0.15) is 5.56 Å². The zero-order chi connectivity index (χ0) is 22.3. The van der Waals surface area contributed by atoms with Gasteiger partial charge in [0.15, 0.2) is 0 Å². The Morgan fingerprint density at radius 3 is 2.22 bits per heavy atom. The van der Waals surface area contributed by atoms with E-state index in [0.29, 0.717) is 33.9 Å². The molecule has 9 heteroatoms. The molecule has 0 radical (unpaired) electrons. The molecule has 8 nitrogen and oxygen atoms in total. The lowest BCUT2D eigenvalue weighted by Gasteiger charge is -2.11. The molecule has 160 valence electrons. The minimum atomic E-state index is -0.380. The molecule has 4 aromatic rings. The molecule has 0 unspecified atom stereocenters. The standard InChI is InChI=1S/C23H20ClN7O/c1-15-10-11-25-20(12-15)31-22-13-21(26-14-27-22)28-16-6-8-17(9-7-16)29-23(32)30-19-5-3-2-4-18(19)24/h2-14H,1H3,(H2,29,30,32)(H2,25,26,27,28,31). The normalized spacial score (nSPS) is 10.3. The predicted molar refractivity (Wildman–Crippen MR) is 128 cm³/mol. The molecular formula is C23H20ClN7O. The van der Waals surface area contributed by atoms with Crippen molar-refractivity contribution < 1.29 is 4.79 Å². The molecule has 2 heterocycles. The molecular weight excluding hydrogens is 426 g/mol. The first-order valence-electron chi connectivity index (χ1n) is 9.76. The summed E-state index contributed by atoms with van der Waals surface area (Å²) in [5, 5.41) is 12.3. The van der Waals surface area contributed by atoms with Crippen molar-refractivity contribution in [1.82, 2.24) is 15.0 Å². The van der Waals surface area contributed by atoms with Gasteiger partial charge in [0.1, 0.15) is 23.8 Å². The molecule has 0 spiro atoms. The number of rotatable bonds is 6. The van der Waals surface area contributed by atoms with Gasteiger partial charge >= 0.3 is 6.03 Å². The molecule has 4 N–H and O–H groups in total. The van der Waals surface area contributed by atoms with E-state index < -0.39 is 0 Å². The number of pyridine rings is 1. The number of benzene rings is 2. The lowest BCUT2D eigenvalue weighted by Crippen LogP contribution is -2.19. The molecule has 0 bridgehead atoms. The van der Waals surface area contributed by atoms with Crippen LogP contribution in [0, 0.1) is 6.92 Å². The minimum Gasteiger partial charge on any atom is -0.340 e. The number of nitrogens with one attached hydrogen (secondary N) is 4. The van der Waals surface area contributed by atoms with Gasteiger partial charge in [0.2, 0.25) is 0 Å². The van der Waals surface area contributed by atoms with Crippen molar-refractivity contribution in [2.24, 2.45) is 0 Å². The van der Waals surface area contributed by atoms with Gasteiger partial charge in [0.05, 0.1) is 10.7 Å². The van der Waals surface area contributed by atoms with Gasteiger partial charge in [0, 0.05) is 23.6 Å². The number of urea groups is 1. The van der Waals surface area contributed by atoms with Crippen LogP contribution in [0.2, 0.25) is 5.02 Å². The van der Waals surface area contributed by atoms with Crippen LogP contribution in [0.25, 0.3) is 0 Å². The molecule has 2 aromatic heterocycles. The van der Waals surface area contributed by atoms with E-state index >= 15 is 0 Å². The lowest BCUT2D eigenvalue weighted by atomic mass is 10.2. The van der Waals surface area contributed by atoms with E-state index in [0.717, 1.165) is 11.3 Å². The Morgan fingerprint density at radius 1 is 0.781 bits per heavy atom. The number of aryl methyl sites for hydroxylation is 1. The molecule has 4 rings (SSSR count). The topological polar surface area (TPSA) is 104 Å². The number of amides is 2. The Labute approximate surface area is 190 Å². The number of halogens is 1. The number of para-hydroxylation sites is 1. The van der Waals surface area contributed by atoms with E-state index in [-0.39, 0.29) is 6.03 Å². The van der Waals surface area contributed by atoms with Crippen LogP contribution in [0.3, 0.4) is 0 Å². The number of anilines is 6. The van der Waals surface area contributed by atoms with E-state index in [2.05, 4.69) is 36.2 Å². The maximum absolute atomic E-state index is 12.2. The Kier molecular flexibility index (Phi) is 6.43. The summed E-state index contributed by atoms with van der Waals surface area (Å²) >= 11 is 6.06. The highest BCUT2D eigenvalue weighted by Gasteiger charge is 2.06. The molecule has 32 heavy (non-hydrogen) atoms. The number of hydrogen-bond acceptors (Lipinski definition) is 6. The van der Waals surface area contributed by atoms with Crippen LogP contribution in [0.4, 0.5) is 39.3 Å². The van der Waals surface area contributed by atoms with Gasteiger partial charge in [-0.05, 0) is 61.0 Å². The molecule has 0 saturated carbocycles. The van der Waals surface area contributed by atoms with Crippen LogP contribution >= 0.6 is 11.6 Å². The highest BCUT2D eigenvalue weighted by Crippen LogP contribution is 2.22. The molecule has 2 aromatic carbocycles. The third-order valence-electron chi connectivity index (χ3n) is 4.38. The Bertz CT molecular complexity index is 1230. The highest BCUT2D eigenvalue weighted by atomic mass is 35.5. The van der Waals surface area contributed by atoms with Gasteiger partial charge in [-0.3, -0.25) is 0 Å². The maximum atomic E-state index is 12.2. The van der Waals surface area contributed by atoms with E-state index in [1.54, 1.807) is 48.7 Å². The molecule has 0 aliphatic heterocycles. The van der Waals surface area contributed by atoms with Crippen molar-refractivity contribution in [1.29, 1.82) is 0 Å². The van der Waals surface area contributed by atoms with Gasteiger partial charge in [-0.15, -0.1) is 0 Å². The number of nitrogens with zero attached hydrogens (tertiary/aromatic N) is 3. The monoisotopic (exact) mass is 445 g/mol. The van der Waals surface area contributed by atoms with Crippen molar-refractivity contribution in [2.75, 3.05) is 21.3 Å². The number of aromatic nitrogens is 3. The summed E-state index contributed by atoms with van der Waals surface area (Å²) in [4.78, 5) is 24.9. The van der Waals surface area contributed by atoms with Crippen LogP contribution < -0.4 is 21.3 Å². The van der Waals surface area contributed by atoms with Gasteiger partial charge in [0.25, 0.3) is 0 Å². The third kappa shape index (κ3) is 5.71. The summed E-state index contributed by atoms with van der Waals surface area (Å²) in [5.74, 6) is 1.95. The SMILES string of the molecule is Cc1ccnc(Nc2cc(Nc3ccc(NC(=O)Nc4ccccc4Cl)cc3)ncn2)c1. The quantitative estimate of drug-likeness (QED) is 0.291. The Morgan fingerprint density at radius 2 is 1.47 bits per heavy atom. The van der Waals surface area contributed by atoms with Crippen LogP contribution in [0.15, 0.2) is 79.3 Å². The summed E-state index contributed by atoms with van der Waals surface area (Å²) in [7, 11) is 0. The van der Waals surface area contributed by atoms with Crippen molar-refractivity contribution in [3.05, 3.63) is 89.8 Å². The zero-order valence-corrected chi connectivity index (χ0v) is 17.9. The molecule has 0 aliphatic rings. The smallest absolute Gasteiger partial charge is 0.323 e. The van der Waals surface area contributed by atoms with Gasteiger partial charge in [-0.2, -0.15) is 0 Å².